The Morgan fingerprint density at radius 3 is 3.05 bits per heavy atom. The van der Waals surface area contributed by atoms with Crippen LogP contribution in [-0.2, 0) is 9.53 Å². The molecule has 19 heavy (non-hydrogen) atoms. The van der Waals surface area contributed by atoms with Gasteiger partial charge in [0.25, 0.3) is 0 Å². The Hall–Kier alpha value is -1.89. The molecule has 2 rings (SSSR count). The van der Waals surface area contributed by atoms with E-state index in [1.54, 1.807) is 25.3 Å². The Kier molecular flexibility index (Phi) is 4.51. The highest BCUT2D eigenvalue weighted by molar-refractivity contribution is 7.16. The standard InChI is InChI=1S/C12H16N4O2S/c1-3-18-9(17)4-6-14-10-8-5-7-19-11(8)16-12(13-2)15-10/h5,7H,3-4,6H2,1-2H3,(H2,13,14,15,16). The van der Waals surface area contributed by atoms with Crippen LogP contribution in [0.5, 0.6) is 0 Å². The van der Waals surface area contributed by atoms with Crippen molar-refractivity contribution in [2.24, 2.45) is 0 Å². The van der Waals surface area contributed by atoms with Gasteiger partial charge in [0.15, 0.2) is 0 Å². The molecule has 7 heteroatoms. The number of carbonyl (C=O) groups excluding carboxylic acids is 1. The van der Waals surface area contributed by atoms with Gasteiger partial charge >= 0.3 is 5.97 Å². The molecule has 0 aliphatic rings. The zero-order valence-electron chi connectivity index (χ0n) is 10.9. The predicted octanol–water partition coefficient (Wildman–Crippen LogP) is 2.10. The summed E-state index contributed by atoms with van der Waals surface area (Å²) in [7, 11) is 1.77. The number of nitrogens with zero attached hydrogens (tertiary/aromatic N) is 2. The Labute approximate surface area is 115 Å². The number of thiophene rings is 1. The number of fused-ring (bicyclic) bond motifs is 1. The van der Waals surface area contributed by atoms with E-state index in [2.05, 4.69) is 20.6 Å². The van der Waals surface area contributed by atoms with Crippen molar-refractivity contribution in [1.82, 2.24) is 9.97 Å². The van der Waals surface area contributed by atoms with Crippen LogP contribution in [0.25, 0.3) is 10.2 Å². The number of aromatic nitrogens is 2. The maximum Gasteiger partial charge on any atom is 0.307 e. The summed E-state index contributed by atoms with van der Waals surface area (Å²) < 4.78 is 4.88. The SMILES string of the molecule is CCOC(=O)CCNc1nc(NC)nc2sccc12. The highest BCUT2D eigenvalue weighted by Crippen LogP contribution is 2.26. The molecule has 2 aromatic rings. The molecule has 0 amide bonds. The topological polar surface area (TPSA) is 76.1 Å². The van der Waals surface area contributed by atoms with E-state index in [1.807, 2.05) is 11.4 Å². The Morgan fingerprint density at radius 1 is 1.47 bits per heavy atom. The van der Waals surface area contributed by atoms with Crippen molar-refractivity contribution in [2.45, 2.75) is 13.3 Å². The molecule has 0 aromatic carbocycles. The fourth-order valence-electron chi connectivity index (χ4n) is 1.62. The molecule has 0 saturated heterocycles. The van der Waals surface area contributed by atoms with Crippen LogP contribution in [0.3, 0.4) is 0 Å². The first-order valence-electron chi connectivity index (χ1n) is 6.07. The number of hydrogen-bond donors (Lipinski definition) is 2. The van der Waals surface area contributed by atoms with E-state index < -0.39 is 0 Å². The van der Waals surface area contributed by atoms with Gasteiger partial charge in [-0.1, -0.05) is 0 Å². The molecule has 0 saturated carbocycles. The Balaban J connectivity index is 2.07. The van der Waals surface area contributed by atoms with Crippen LogP contribution in [0.15, 0.2) is 11.4 Å². The van der Waals surface area contributed by atoms with Gasteiger partial charge in [-0.2, -0.15) is 4.98 Å². The van der Waals surface area contributed by atoms with Crippen molar-refractivity contribution in [3.05, 3.63) is 11.4 Å². The largest absolute Gasteiger partial charge is 0.466 e. The van der Waals surface area contributed by atoms with E-state index in [0.717, 1.165) is 16.0 Å². The summed E-state index contributed by atoms with van der Waals surface area (Å²) in [5.74, 6) is 1.09. The van der Waals surface area contributed by atoms with Crippen molar-refractivity contribution in [3.63, 3.8) is 0 Å². The molecule has 0 spiro atoms. The minimum absolute atomic E-state index is 0.209. The van der Waals surface area contributed by atoms with Crippen molar-refractivity contribution in [2.75, 3.05) is 30.8 Å². The second-order valence-electron chi connectivity index (χ2n) is 3.77. The summed E-state index contributed by atoms with van der Waals surface area (Å²) in [6.45, 7) is 2.69. The molecule has 0 radical (unpaired) electrons. The zero-order chi connectivity index (χ0) is 13.7. The number of rotatable bonds is 6. The van der Waals surface area contributed by atoms with Crippen LogP contribution in [0.1, 0.15) is 13.3 Å². The monoisotopic (exact) mass is 280 g/mol. The lowest BCUT2D eigenvalue weighted by molar-refractivity contribution is -0.142. The highest BCUT2D eigenvalue weighted by Gasteiger charge is 2.08. The number of anilines is 2. The predicted molar refractivity (Wildman–Crippen MR) is 76.7 cm³/mol. The van der Waals surface area contributed by atoms with Gasteiger partial charge in [0.05, 0.1) is 18.4 Å². The number of esters is 1. The van der Waals surface area contributed by atoms with Gasteiger partial charge in [-0.25, -0.2) is 4.98 Å². The number of ether oxygens (including phenoxy) is 1. The first kappa shape index (κ1) is 13.5. The lowest BCUT2D eigenvalue weighted by Gasteiger charge is -2.08. The summed E-state index contributed by atoms with van der Waals surface area (Å²) in [5, 5.41) is 9.01. The molecule has 102 valence electrons. The third-order valence-electron chi connectivity index (χ3n) is 2.48. The molecule has 0 atom stereocenters. The van der Waals surface area contributed by atoms with Crippen molar-refractivity contribution in [1.29, 1.82) is 0 Å². The molecule has 0 bridgehead atoms. The summed E-state index contributed by atoms with van der Waals surface area (Å²) in [5.41, 5.74) is 0. The van der Waals surface area contributed by atoms with Crippen LogP contribution in [0.2, 0.25) is 0 Å². The van der Waals surface area contributed by atoms with Gasteiger partial charge in [0.2, 0.25) is 5.95 Å². The van der Waals surface area contributed by atoms with E-state index in [-0.39, 0.29) is 5.97 Å². The third kappa shape index (κ3) is 3.31. The van der Waals surface area contributed by atoms with Crippen LogP contribution in [-0.4, -0.2) is 36.1 Å². The lowest BCUT2D eigenvalue weighted by Crippen LogP contribution is -2.12. The molecule has 2 heterocycles. The average molecular weight is 280 g/mol. The van der Waals surface area contributed by atoms with E-state index in [9.17, 15) is 4.79 Å². The molecule has 6 nitrogen and oxygen atoms in total. The number of nitrogens with one attached hydrogen (secondary N) is 2. The van der Waals surface area contributed by atoms with E-state index in [1.165, 1.54) is 0 Å². The lowest BCUT2D eigenvalue weighted by atomic mass is 10.3. The smallest absolute Gasteiger partial charge is 0.307 e. The number of hydrogen-bond acceptors (Lipinski definition) is 7. The first-order chi connectivity index (χ1) is 9.24. The second-order valence-corrected chi connectivity index (χ2v) is 4.66. The normalized spacial score (nSPS) is 10.4. The fraction of sp³-hybridized carbons (Fsp3) is 0.417. The molecule has 2 aromatic heterocycles. The summed E-state index contributed by atoms with van der Waals surface area (Å²) in [6, 6.07) is 1.96. The van der Waals surface area contributed by atoms with Crippen LogP contribution in [0, 0.1) is 0 Å². The van der Waals surface area contributed by atoms with Crippen LogP contribution < -0.4 is 10.6 Å². The van der Waals surface area contributed by atoms with Crippen LogP contribution in [0.4, 0.5) is 11.8 Å². The summed E-state index contributed by atoms with van der Waals surface area (Å²) >= 11 is 1.56. The summed E-state index contributed by atoms with van der Waals surface area (Å²) in [6.07, 6.45) is 0.318. The highest BCUT2D eigenvalue weighted by atomic mass is 32.1. The molecular weight excluding hydrogens is 264 g/mol. The van der Waals surface area contributed by atoms with Gasteiger partial charge in [0, 0.05) is 13.6 Å². The maximum atomic E-state index is 11.3. The minimum atomic E-state index is -0.209. The van der Waals surface area contributed by atoms with Gasteiger partial charge in [-0.15, -0.1) is 11.3 Å². The first-order valence-corrected chi connectivity index (χ1v) is 6.95. The minimum Gasteiger partial charge on any atom is -0.466 e. The quantitative estimate of drug-likeness (QED) is 0.789. The molecule has 0 unspecified atom stereocenters. The zero-order valence-corrected chi connectivity index (χ0v) is 11.7. The second kappa shape index (κ2) is 6.33. The van der Waals surface area contributed by atoms with E-state index in [0.29, 0.717) is 25.5 Å². The molecular formula is C12H16N4O2S. The van der Waals surface area contributed by atoms with Gasteiger partial charge < -0.3 is 15.4 Å². The summed E-state index contributed by atoms with van der Waals surface area (Å²) in [4.78, 5) is 20.9. The fourth-order valence-corrected chi connectivity index (χ4v) is 2.38. The average Bonchev–Trinajstić information content (AvgIpc) is 2.87. The van der Waals surface area contributed by atoms with E-state index in [4.69, 9.17) is 4.74 Å². The van der Waals surface area contributed by atoms with Gasteiger partial charge in [-0.3, -0.25) is 4.79 Å². The van der Waals surface area contributed by atoms with Crippen molar-refractivity contribution < 1.29 is 9.53 Å². The van der Waals surface area contributed by atoms with Gasteiger partial charge in [-0.05, 0) is 18.4 Å². The molecule has 2 N–H and O–H groups in total. The van der Waals surface area contributed by atoms with Gasteiger partial charge in [0.1, 0.15) is 10.6 Å². The molecule has 0 fully saturated rings. The maximum absolute atomic E-state index is 11.3. The van der Waals surface area contributed by atoms with E-state index >= 15 is 0 Å². The molecule has 0 aliphatic heterocycles. The number of carbonyl (C=O) groups is 1. The van der Waals surface area contributed by atoms with Crippen molar-refractivity contribution >= 4 is 39.3 Å². The van der Waals surface area contributed by atoms with Crippen LogP contribution >= 0.6 is 11.3 Å². The third-order valence-corrected chi connectivity index (χ3v) is 3.28. The Bertz CT molecular complexity index is 570. The Morgan fingerprint density at radius 2 is 2.32 bits per heavy atom. The molecule has 0 aliphatic carbocycles. The van der Waals surface area contributed by atoms with Crippen molar-refractivity contribution in [3.8, 4) is 0 Å².